The van der Waals surface area contributed by atoms with E-state index in [2.05, 4.69) is 34.6 Å². The van der Waals surface area contributed by atoms with E-state index in [1.54, 1.807) is 0 Å². The van der Waals surface area contributed by atoms with Crippen molar-refractivity contribution in [3.63, 3.8) is 0 Å². The minimum atomic E-state index is 0. The van der Waals surface area contributed by atoms with E-state index in [4.69, 9.17) is 16.3 Å². The molecule has 0 aliphatic heterocycles. The molecule has 0 aliphatic rings. The fourth-order valence-electron chi connectivity index (χ4n) is 3.13. The van der Waals surface area contributed by atoms with Gasteiger partial charge in [-0.3, -0.25) is 0 Å². The first-order valence-corrected chi connectivity index (χ1v) is 8.95. The Morgan fingerprint density at radius 2 is 1.54 bits per heavy atom. The minimum Gasteiger partial charge on any atom is -0.457 e. The first-order valence-electron chi connectivity index (χ1n) is 8.42. The molecule has 132 valence electrons. The zero-order valence-electron chi connectivity index (χ0n) is 15.6. The molecule has 2 rings (SSSR count). The molecule has 2 nitrogen and oxygen atoms in total. The van der Waals surface area contributed by atoms with Crippen LogP contribution in [0, 0.1) is 19.8 Å². The second-order valence-corrected chi connectivity index (χ2v) is 6.78. The maximum atomic E-state index is 6.35. The van der Waals surface area contributed by atoms with Crippen LogP contribution in [-0.4, -0.2) is 0 Å². The average Bonchev–Trinajstić information content (AvgIpc) is 2.53. The molecule has 24 heavy (non-hydrogen) atoms. The van der Waals surface area contributed by atoms with Crippen molar-refractivity contribution in [2.75, 3.05) is 0 Å². The number of rotatable bonds is 6. The number of halogens is 1. The standard InChI is InChI=1S/C21H27ClO.H3N/c1-6-18-15(4)16(5)20(13-22)19(12-14(2)3)21(18)23-17-10-8-7-9-11-17;/h7-11,14H,6,12-13H2,1-5H3;1H3. The topological polar surface area (TPSA) is 44.2 Å². The number of hydrogen-bond acceptors (Lipinski definition) is 2. The lowest BCUT2D eigenvalue weighted by atomic mass is 9.87. The van der Waals surface area contributed by atoms with Gasteiger partial charge in [-0.15, -0.1) is 11.6 Å². The predicted molar refractivity (Wildman–Crippen MR) is 105 cm³/mol. The van der Waals surface area contributed by atoms with E-state index in [0.29, 0.717) is 11.8 Å². The molecule has 0 amide bonds. The number of para-hydroxylation sites is 1. The molecule has 3 N–H and O–H groups in total. The van der Waals surface area contributed by atoms with E-state index in [-0.39, 0.29) is 6.15 Å². The van der Waals surface area contributed by atoms with E-state index in [0.717, 1.165) is 24.3 Å². The van der Waals surface area contributed by atoms with Crippen molar-refractivity contribution in [2.45, 2.75) is 53.3 Å². The van der Waals surface area contributed by atoms with Crippen LogP contribution in [0.2, 0.25) is 0 Å². The van der Waals surface area contributed by atoms with Crippen LogP contribution in [0.1, 0.15) is 48.6 Å². The van der Waals surface area contributed by atoms with Crippen LogP contribution < -0.4 is 10.9 Å². The van der Waals surface area contributed by atoms with E-state index in [1.165, 1.54) is 27.8 Å². The smallest absolute Gasteiger partial charge is 0.134 e. The van der Waals surface area contributed by atoms with E-state index < -0.39 is 0 Å². The lowest BCUT2D eigenvalue weighted by molar-refractivity contribution is 0.463. The summed E-state index contributed by atoms with van der Waals surface area (Å²) >= 11 is 6.31. The summed E-state index contributed by atoms with van der Waals surface area (Å²) in [7, 11) is 0. The number of ether oxygens (including phenoxy) is 1. The van der Waals surface area contributed by atoms with Gasteiger partial charge in [-0.05, 0) is 67.0 Å². The van der Waals surface area contributed by atoms with Crippen molar-refractivity contribution >= 4 is 11.6 Å². The molecule has 0 unspecified atom stereocenters. The monoisotopic (exact) mass is 347 g/mol. The highest BCUT2D eigenvalue weighted by Crippen LogP contribution is 2.39. The first kappa shape index (κ1) is 20.5. The van der Waals surface area contributed by atoms with Crippen molar-refractivity contribution in [3.8, 4) is 11.5 Å². The Labute approximate surface area is 151 Å². The van der Waals surface area contributed by atoms with Gasteiger partial charge in [0, 0.05) is 11.4 Å². The third kappa shape index (κ3) is 4.31. The molecule has 0 heterocycles. The van der Waals surface area contributed by atoms with Gasteiger partial charge in [0.25, 0.3) is 0 Å². The van der Waals surface area contributed by atoms with Crippen molar-refractivity contribution in [1.29, 1.82) is 0 Å². The summed E-state index contributed by atoms with van der Waals surface area (Å²) in [5, 5.41) is 0. The SMILES string of the molecule is CCc1c(C)c(C)c(CCl)c(CC(C)C)c1Oc1ccccc1.N. The van der Waals surface area contributed by atoms with Crippen LogP contribution in [0.5, 0.6) is 11.5 Å². The fraction of sp³-hybridized carbons (Fsp3) is 0.429. The molecule has 0 aromatic heterocycles. The highest BCUT2D eigenvalue weighted by molar-refractivity contribution is 6.17. The molecule has 3 heteroatoms. The van der Waals surface area contributed by atoms with Gasteiger partial charge in [-0.2, -0.15) is 0 Å². The molecule has 0 fully saturated rings. The van der Waals surface area contributed by atoms with E-state index in [1.807, 2.05) is 30.3 Å². The third-order valence-electron chi connectivity index (χ3n) is 4.44. The summed E-state index contributed by atoms with van der Waals surface area (Å²) in [4.78, 5) is 0. The van der Waals surface area contributed by atoms with Crippen molar-refractivity contribution in [3.05, 3.63) is 58.1 Å². The summed E-state index contributed by atoms with van der Waals surface area (Å²) in [5.41, 5.74) is 6.44. The van der Waals surface area contributed by atoms with Crippen LogP contribution in [0.15, 0.2) is 30.3 Å². The summed E-state index contributed by atoms with van der Waals surface area (Å²) in [6.45, 7) is 11.0. The molecule has 0 saturated carbocycles. The Morgan fingerprint density at radius 3 is 2.04 bits per heavy atom. The molecule has 0 saturated heterocycles. The summed E-state index contributed by atoms with van der Waals surface area (Å²) < 4.78 is 6.35. The Bertz CT molecular complexity index is 666. The molecular weight excluding hydrogens is 318 g/mol. The van der Waals surface area contributed by atoms with Crippen LogP contribution in [0.4, 0.5) is 0 Å². The molecule has 2 aromatic carbocycles. The predicted octanol–water partition coefficient (Wildman–Crippen LogP) is 6.76. The second kappa shape index (κ2) is 9.10. The summed E-state index contributed by atoms with van der Waals surface area (Å²) in [6.07, 6.45) is 1.95. The second-order valence-electron chi connectivity index (χ2n) is 6.52. The van der Waals surface area contributed by atoms with Gasteiger partial charge >= 0.3 is 0 Å². The summed E-state index contributed by atoms with van der Waals surface area (Å²) in [5.74, 6) is 2.99. The van der Waals surface area contributed by atoms with Crippen LogP contribution in [-0.2, 0) is 18.7 Å². The lowest BCUT2D eigenvalue weighted by Crippen LogP contribution is -2.09. The highest BCUT2D eigenvalue weighted by Gasteiger charge is 2.21. The highest BCUT2D eigenvalue weighted by atomic mass is 35.5. The van der Waals surface area contributed by atoms with Crippen molar-refractivity contribution in [1.82, 2.24) is 6.15 Å². The van der Waals surface area contributed by atoms with Crippen LogP contribution in [0.25, 0.3) is 0 Å². The van der Waals surface area contributed by atoms with Crippen LogP contribution >= 0.6 is 11.6 Å². The third-order valence-corrected chi connectivity index (χ3v) is 4.71. The quantitative estimate of drug-likeness (QED) is 0.587. The van der Waals surface area contributed by atoms with Gasteiger partial charge in [-0.25, -0.2) is 0 Å². The lowest BCUT2D eigenvalue weighted by Gasteiger charge is -2.24. The van der Waals surface area contributed by atoms with Crippen molar-refractivity contribution < 1.29 is 4.74 Å². The Kier molecular flexibility index (Phi) is 7.78. The Morgan fingerprint density at radius 1 is 0.958 bits per heavy atom. The normalized spacial score (nSPS) is 10.6. The zero-order valence-corrected chi connectivity index (χ0v) is 16.3. The Hall–Kier alpha value is -1.51. The number of alkyl halides is 1. The van der Waals surface area contributed by atoms with Gasteiger partial charge in [0.1, 0.15) is 11.5 Å². The maximum Gasteiger partial charge on any atom is 0.134 e. The molecule has 0 spiro atoms. The molecule has 0 bridgehead atoms. The maximum absolute atomic E-state index is 6.35. The Balaban J connectivity index is 0.00000288. The van der Waals surface area contributed by atoms with Gasteiger partial charge < -0.3 is 10.9 Å². The molecule has 0 aliphatic carbocycles. The minimum absolute atomic E-state index is 0. The average molecular weight is 348 g/mol. The largest absolute Gasteiger partial charge is 0.457 e. The molecule has 2 aromatic rings. The van der Waals surface area contributed by atoms with E-state index in [9.17, 15) is 0 Å². The van der Waals surface area contributed by atoms with Crippen LogP contribution in [0.3, 0.4) is 0 Å². The van der Waals surface area contributed by atoms with Gasteiger partial charge in [0.05, 0.1) is 0 Å². The van der Waals surface area contributed by atoms with Gasteiger partial charge in [-0.1, -0.05) is 39.0 Å². The first-order chi connectivity index (χ1) is 11.0. The van der Waals surface area contributed by atoms with Gasteiger partial charge in [0.15, 0.2) is 0 Å². The summed E-state index contributed by atoms with van der Waals surface area (Å²) in [6, 6.07) is 10.0. The van der Waals surface area contributed by atoms with Crippen molar-refractivity contribution in [2.24, 2.45) is 5.92 Å². The van der Waals surface area contributed by atoms with Gasteiger partial charge in [0.2, 0.25) is 0 Å². The zero-order chi connectivity index (χ0) is 17.0. The molecular formula is C21H30ClNO. The molecule has 0 atom stereocenters. The van der Waals surface area contributed by atoms with E-state index >= 15 is 0 Å². The number of benzene rings is 2. The molecule has 0 radical (unpaired) electrons. The number of hydrogen-bond donors (Lipinski definition) is 1. The fourth-order valence-corrected chi connectivity index (χ4v) is 3.49.